The monoisotopic (exact) mass is 422 g/mol. The Balaban J connectivity index is 1.47. The lowest BCUT2D eigenvalue weighted by molar-refractivity contribution is 0.220. The molecular weight excluding hydrogens is 396 g/mol. The molecule has 0 unspecified atom stereocenters. The van der Waals surface area contributed by atoms with E-state index in [1.54, 1.807) is 26.3 Å². The minimum absolute atomic E-state index is 0.277. The van der Waals surface area contributed by atoms with E-state index >= 15 is 0 Å². The van der Waals surface area contributed by atoms with Gasteiger partial charge in [0, 0.05) is 64.0 Å². The molecule has 0 atom stereocenters. The predicted octanol–water partition coefficient (Wildman–Crippen LogP) is 1.34. The van der Waals surface area contributed by atoms with Gasteiger partial charge in [-0.3, -0.25) is 18.8 Å². The summed E-state index contributed by atoms with van der Waals surface area (Å²) in [6.07, 6.45) is 0.885. The SMILES string of the molecule is COc1cc(Cl)ccc1OCCCN1CCN(c2cc(=O)n(C)c(=O)n2C)CC1. The molecule has 1 fully saturated rings. The van der Waals surface area contributed by atoms with Gasteiger partial charge in [-0.2, -0.15) is 0 Å². The summed E-state index contributed by atoms with van der Waals surface area (Å²) in [5.41, 5.74) is -0.579. The number of halogens is 1. The number of hydrogen-bond acceptors (Lipinski definition) is 6. The Kier molecular flexibility index (Phi) is 6.87. The molecule has 2 aromatic rings. The number of piperazine rings is 1. The van der Waals surface area contributed by atoms with Crippen LogP contribution in [0.25, 0.3) is 0 Å². The maximum atomic E-state index is 12.1. The molecule has 1 saturated heterocycles. The number of ether oxygens (including phenoxy) is 2. The summed E-state index contributed by atoms with van der Waals surface area (Å²) in [5.74, 6) is 2.00. The Morgan fingerprint density at radius 3 is 2.41 bits per heavy atom. The summed E-state index contributed by atoms with van der Waals surface area (Å²) in [4.78, 5) is 28.5. The summed E-state index contributed by atoms with van der Waals surface area (Å²) in [6, 6.07) is 6.86. The number of benzene rings is 1. The molecular formula is C20H27ClN4O4. The van der Waals surface area contributed by atoms with Crippen molar-refractivity contribution in [3.8, 4) is 11.5 Å². The van der Waals surface area contributed by atoms with Gasteiger partial charge in [0.25, 0.3) is 5.56 Å². The van der Waals surface area contributed by atoms with E-state index in [4.69, 9.17) is 21.1 Å². The number of methoxy groups -OCH3 is 1. The van der Waals surface area contributed by atoms with Crippen molar-refractivity contribution in [1.29, 1.82) is 0 Å². The molecule has 3 rings (SSSR count). The van der Waals surface area contributed by atoms with Crippen LogP contribution in [0.1, 0.15) is 6.42 Å². The number of rotatable bonds is 7. The lowest BCUT2D eigenvalue weighted by atomic mass is 10.3. The van der Waals surface area contributed by atoms with E-state index in [-0.39, 0.29) is 11.2 Å². The summed E-state index contributed by atoms with van der Waals surface area (Å²) in [5, 5.41) is 0.612. The van der Waals surface area contributed by atoms with Gasteiger partial charge in [0.05, 0.1) is 13.7 Å². The van der Waals surface area contributed by atoms with Crippen LogP contribution >= 0.6 is 11.6 Å². The topological polar surface area (TPSA) is 68.9 Å². The van der Waals surface area contributed by atoms with E-state index < -0.39 is 0 Å². The smallest absolute Gasteiger partial charge is 0.332 e. The molecule has 158 valence electrons. The average molecular weight is 423 g/mol. The third-order valence-corrected chi connectivity index (χ3v) is 5.43. The van der Waals surface area contributed by atoms with Crippen molar-refractivity contribution in [3.05, 3.63) is 50.1 Å². The van der Waals surface area contributed by atoms with Gasteiger partial charge in [0.2, 0.25) is 0 Å². The van der Waals surface area contributed by atoms with Crippen molar-refractivity contribution in [2.24, 2.45) is 14.1 Å². The molecule has 8 nitrogen and oxygen atoms in total. The molecule has 0 aliphatic carbocycles. The highest BCUT2D eigenvalue weighted by Crippen LogP contribution is 2.30. The highest BCUT2D eigenvalue weighted by Gasteiger charge is 2.20. The first-order valence-electron chi connectivity index (χ1n) is 9.61. The number of nitrogens with zero attached hydrogens (tertiary/aromatic N) is 4. The molecule has 0 saturated carbocycles. The molecule has 1 aliphatic rings. The van der Waals surface area contributed by atoms with Gasteiger partial charge in [0.1, 0.15) is 5.82 Å². The quantitative estimate of drug-likeness (QED) is 0.627. The van der Waals surface area contributed by atoms with E-state index in [1.807, 2.05) is 6.07 Å². The van der Waals surface area contributed by atoms with Crippen LogP contribution in [0, 0.1) is 0 Å². The van der Waals surface area contributed by atoms with E-state index in [9.17, 15) is 9.59 Å². The van der Waals surface area contributed by atoms with Crippen molar-refractivity contribution in [1.82, 2.24) is 14.0 Å². The molecule has 1 aromatic heterocycles. The van der Waals surface area contributed by atoms with Crippen molar-refractivity contribution in [2.75, 3.05) is 51.3 Å². The first-order valence-corrected chi connectivity index (χ1v) is 9.99. The Morgan fingerprint density at radius 1 is 1.00 bits per heavy atom. The van der Waals surface area contributed by atoms with Crippen LogP contribution in [-0.4, -0.2) is 60.5 Å². The van der Waals surface area contributed by atoms with Gasteiger partial charge >= 0.3 is 5.69 Å². The van der Waals surface area contributed by atoms with Crippen LogP contribution in [0.3, 0.4) is 0 Å². The van der Waals surface area contributed by atoms with Gasteiger partial charge in [0.15, 0.2) is 11.5 Å². The summed E-state index contributed by atoms with van der Waals surface area (Å²) in [7, 11) is 4.79. The molecule has 1 aromatic carbocycles. The van der Waals surface area contributed by atoms with Crippen LogP contribution in [0.5, 0.6) is 11.5 Å². The number of hydrogen-bond donors (Lipinski definition) is 0. The van der Waals surface area contributed by atoms with E-state index in [0.29, 0.717) is 28.9 Å². The van der Waals surface area contributed by atoms with Crippen LogP contribution in [0.2, 0.25) is 5.02 Å². The maximum Gasteiger partial charge on any atom is 0.332 e. The minimum Gasteiger partial charge on any atom is -0.493 e. The largest absolute Gasteiger partial charge is 0.493 e. The first-order chi connectivity index (χ1) is 13.9. The highest BCUT2D eigenvalue weighted by molar-refractivity contribution is 6.30. The van der Waals surface area contributed by atoms with Crippen LogP contribution in [-0.2, 0) is 14.1 Å². The minimum atomic E-state index is -0.301. The van der Waals surface area contributed by atoms with Crippen LogP contribution in [0.15, 0.2) is 33.9 Å². The van der Waals surface area contributed by atoms with Crippen molar-refractivity contribution < 1.29 is 9.47 Å². The fraction of sp³-hybridized carbons (Fsp3) is 0.500. The molecule has 9 heteroatoms. The summed E-state index contributed by atoms with van der Waals surface area (Å²) < 4.78 is 13.8. The zero-order valence-corrected chi connectivity index (χ0v) is 17.8. The Bertz CT molecular complexity index is 964. The lowest BCUT2D eigenvalue weighted by Gasteiger charge is -2.36. The van der Waals surface area contributed by atoms with E-state index in [0.717, 1.165) is 43.7 Å². The normalized spacial score (nSPS) is 14.8. The number of anilines is 1. The Morgan fingerprint density at radius 2 is 1.72 bits per heavy atom. The zero-order valence-electron chi connectivity index (χ0n) is 17.1. The second-order valence-corrected chi connectivity index (χ2v) is 7.50. The van der Waals surface area contributed by atoms with Crippen LogP contribution in [0.4, 0.5) is 5.82 Å². The van der Waals surface area contributed by atoms with E-state index in [2.05, 4.69) is 9.80 Å². The van der Waals surface area contributed by atoms with Gasteiger partial charge < -0.3 is 14.4 Å². The average Bonchev–Trinajstić information content (AvgIpc) is 2.73. The molecule has 0 amide bonds. The van der Waals surface area contributed by atoms with Gasteiger partial charge in [-0.15, -0.1) is 0 Å². The van der Waals surface area contributed by atoms with Gasteiger partial charge in [-0.05, 0) is 18.6 Å². The molecule has 0 spiro atoms. The fourth-order valence-corrected chi connectivity index (χ4v) is 3.62. The zero-order chi connectivity index (χ0) is 21.0. The van der Waals surface area contributed by atoms with E-state index in [1.165, 1.54) is 17.7 Å². The predicted molar refractivity (Wildman–Crippen MR) is 114 cm³/mol. The molecule has 1 aliphatic heterocycles. The Hall–Kier alpha value is -2.45. The third-order valence-electron chi connectivity index (χ3n) is 5.20. The standard InChI is InChI=1S/C20H27ClN4O4/c1-22-18(14-19(26)23(2)20(22)27)25-10-8-24(9-11-25)7-4-12-29-16-6-5-15(21)13-17(16)28-3/h5-6,13-14H,4,7-12H2,1-3H3. The van der Waals surface area contributed by atoms with Gasteiger partial charge in [-0.1, -0.05) is 11.6 Å². The van der Waals surface area contributed by atoms with Crippen molar-refractivity contribution in [3.63, 3.8) is 0 Å². The highest BCUT2D eigenvalue weighted by atomic mass is 35.5. The second-order valence-electron chi connectivity index (χ2n) is 7.07. The molecule has 0 radical (unpaired) electrons. The van der Waals surface area contributed by atoms with Crippen LogP contribution < -0.4 is 25.6 Å². The maximum absolute atomic E-state index is 12.1. The van der Waals surface area contributed by atoms with Crippen molar-refractivity contribution in [2.45, 2.75) is 6.42 Å². The fourth-order valence-electron chi connectivity index (χ4n) is 3.46. The molecule has 2 heterocycles. The molecule has 29 heavy (non-hydrogen) atoms. The first kappa shape index (κ1) is 21.3. The summed E-state index contributed by atoms with van der Waals surface area (Å²) >= 11 is 5.97. The molecule has 0 N–H and O–H groups in total. The lowest BCUT2D eigenvalue weighted by Crippen LogP contribution is -2.49. The molecule has 0 bridgehead atoms. The number of aromatic nitrogens is 2. The third kappa shape index (κ3) is 4.94. The van der Waals surface area contributed by atoms with Crippen molar-refractivity contribution >= 4 is 17.4 Å². The second kappa shape index (κ2) is 9.37. The Labute approximate surface area is 174 Å². The van der Waals surface area contributed by atoms with Gasteiger partial charge in [-0.25, -0.2) is 4.79 Å². The summed E-state index contributed by atoms with van der Waals surface area (Å²) in [6.45, 7) is 4.78.